The number of nitrogen functional groups attached to an aromatic ring is 1. The van der Waals surface area contributed by atoms with E-state index >= 15 is 0 Å². The lowest BCUT2D eigenvalue weighted by molar-refractivity contribution is 0.105. The van der Waals surface area contributed by atoms with Gasteiger partial charge >= 0.3 is 0 Å². The van der Waals surface area contributed by atoms with E-state index in [0.29, 0.717) is 22.7 Å². The number of aryl methyl sites for hydroxylation is 1. The molecule has 1 heterocycles. The van der Waals surface area contributed by atoms with Crippen LogP contribution in [0.4, 0.5) is 11.6 Å². The molecule has 0 saturated heterocycles. The average Bonchev–Trinajstić information content (AvgIpc) is 2.34. The van der Waals surface area contributed by atoms with Gasteiger partial charge in [0.05, 0.1) is 0 Å². The van der Waals surface area contributed by atoms with E-state index < -0.39 is 0 Å². The molecule has 0 spiro atoms. The van der Waals surface area contributed by atoms with Crippen LogP contribution in [0.2, 0.25) is 0 Å². The van der Waals surface area contributed by atoms with Gasteiger partial charge in [-0.15, -0.1) is 0 Å². The standard InChI is InChI=1S/C16H29N5/c1-6-12-19-13(7-14(20-12)21-17)18-11-8-15(2,3)10-16(4,5)9-11/h7,11H,6,8-10,17H2,1-5H3,(H2,18,19,20,21). The highest BCUT2D eigenvalue weighted by Gasteiger charge is 2.38. The van der Waals surface area contributed by atoms with E-state index in [-0.39, 0.29) is 0 Å². The summed E-state index contributed by atoms with van der Waals surface area (Å²) < 4.78 is 0. The predicted octanol–water partition coefficient (Wildman–Crippen LogP) is 3.34. The number of nitrogens with two attached hydrogens (primary N) is 1. The normalized spacial score (nSPS) is 21.0. The number of nitrogens with one attached hydrogen (secondary N) is 2. The third-order valence-electron chi connectivity index (χ3n) is 4.14. The lowest BCUT2D eigenvalue weighted by Crippen LogP contribution is -2.40. The second kappa shape index (κ2) is 5.79. The zero-order chi connectivity index (χ0) is 15.7. The van der Waals surface area contributed by atoms with Crippen LogP contribution in [0.25, 0.3) is 0 Å². The number of rotatable bonds is 4. The highest BCUT2D eigenvalue weighted by Crippen LogP contribution is 2.46. The molecule has 5 nitrogen and oxygen atoms in total. The first-order valence-corrected chi connectivity index (χ1v) is 7.84. The van der Waals surface area contributed by atoms with E-state index in [1.807, 2.05) is 13.0 Å². The van der Waals surface area contributed by atoms with Crippen molar-refractivity contribution in [1.82, 2.24) is 9.97 Å². The van der Waals surface area contributed by atoms with Crippen LogP contribution in [0.15, 0.2) is 6.07 Å². The molecule has 21 heavy (non-hydrogen) atoms. The Morgan fingerprint density at radius 2 is 1.71 bits per heavy atom. The minimum Gasteiger partial charge on any atom is -0.367 e. The average molecular weight is 291 g/mol. The Balaban J connectivity index is 2.17. The summed E-state index contributed by atoms with van der Waals surface area (Å²) in [6, 6.07) is 2.32. The molecule has 0 amide bonds. The van der Waals surface area contributed by atoms with Gasteiger partial charge in [-0.2, -0.15) is 0 Å². The predicted molar refractivity (Wildman–Crippen MR) is 88.0 cm³/mol. The molecule has 0 atom stereocenters. The van der Waals surface area contributed by atoms with Crippen LogP contribution in [0.1, 0.15) is 59.7 Å². The van der Waals surface area contributed by atoms with Crippen LogP contribution in [-0.2, 0) is 6.42 Å². The van der Waals surface area contributed by atoms with Gasteiger partial charge < -0.3 is 10.7 Å². The number of hydrogen-bond acceptors (Lipinski definition) is 5. The summed E-state index contributed by atoms with van der Waals surface area (Å²) in [4.78, 5) is 8.91. The number of hydrazine groups is 1. The first-order valence-electron chi connectivity index (χ1n) is 7.84. The van der Waals surface area contributed by atoms with Crippen molar-refractivity contribution in [2.75, 3.05) is 10.7 Å². The fraction of sp³-hybridized carbons (Fsp3) is 0.750. The van der Waals surface area contributed by atoms with Crippen molar-refractivity contribution >= 4 is 11.6 Å². The van der Waals surface area contributed by atoms with Gasteiger partial charge in [0, 0.05) is 18.5 Å². The molecule has 5 heteroatoms. The number of nitrogens with zero attached hydrogens (tertiary/aromatic N) is 2. The molecule has 0 aliphatic heterocycles. The van der Waals surface area contributed by atoms with E-state index in [2.05, 4.69) is 48.4 Å². The monoisotopic (exact) mass is 291 g/mol. The van der Waals surface area contributed by atoms with Gasteiger partial charge in [0.1, 0.15) is 17.5 Å². The molecule has 0 unspecified atom stereocenters. The van der Waals surface area contributed by atoms with Crippen LogP contribution in [0.5, 0.6) is 0 Å². The zero-order valence-electron chi connectivity index (χ0n) is 14.0. The van der Waals surface area contributed by atoms with Crippen molar-refractivity contribution in [1.29, 1.82) is 0 Å². The quantitative estimate of drug-likeness (QED) is 0.586. The number of hydrogen-bond donors (Lipinski definition) is 3. The van der Waals surface area contributed by atoms with Crippen LogP contribution >= 0.6 is 0 Å². The topological polar surface area (TPSA) is 75.9 Å². The van der Waals surface area contributed by atoms with Crippen molar-refractivity contribution in [2.24, 2.45) is 16.7 Å². The van der Waals surface area contributed by atoms with E-state index in [1.54, 1.807) is 0 Å². The van der Waals surface area contributed by atoms with Gasteiger partial charge in [0.15, 0.2) is 0 Å². The third kappa shape index (κ3) is 4.30. The largest absolute Gasteiger partial charge is 0.367 e. The first-order chi connectivity index (χ1) is 9.73. The van der Waals surface area contributed by atoms with Crippen molar-refractivity contribution in [3.05, 3.63) is 11.9 Å². The maximum atomic E-state index is 5.49. The summed E-state index contributed by atoms with van der Waals surface area (Å²) in [6.45, 7) is 11.5. The van der Waals surface area contributed by atoms with Gasteiger partial charge in [-0.05, 0) is 30.1 Å². The molecule has 0 bridgehead atoms. The fourth-order valence-electron chi connectivity index (χ4n) is 3.96. The molecule has 2 rings (SSSR count). The van der Waals surface area contributed by atoms with Gasteiger partial charge in [-0.25, -0.2) is 15.8 Å². The van der Waals surface area contributed by atoms with Crippen molar-refractivity contribution in [3.63, 3.8) is 0 Å². The van der Waals surface area contributed by atoms with Gasteiger partial charge in [0.25, 0.3) is 0 Å². The van der Waals surface area contributed by atoms with Gasteiger partial charge in [-0.3, -0.25) is 0 Å². The summed E-state index contributed by atoms with van der Waals surface area (Å²) in [7, 11) is 0. The van der Waals surface area contributed by atoms with Crippen molar-refractivity contribution in [2.45, 2.75) is 66.3 Å². The SMILES string of the molecule is CCc1nc(NN)cc(NC2CC(C)(C)CC(C)(C)C2)n1. The summed E-state index contributed by atoms with van der Waals surface area (Å²) in [5.74, 6) is 7.84. The lowest BCUT2D eigenvalue weighted by Gasteiger charge is -2.45. The highest BCUT2D eigenvalue weighted by atomic mass is 15.3. The molecule has 1 aromatic heterocycles. The van der Waals surface area contributed by atoms with Crippen LogP contribution in [0.3, 0.4) is 0 Å². The van der Waals surface area contributed by atoms with Crippen molar-refractivity contribution in [3.8, 4) is 0 Å². The fourth-order valence-corrected chi connectivity index (χ4v) is 3.96. The van der Waals surface area contributed by atoms with Crippen LogP contribution in [-0.4, -0.2) is 16.0 Å². The molecule has 1 aliphatic carbocycles. The van der Waals surface area contributed by atoms with Crippen molar-refractivity contribution < 1.29 is 0 Å². The van der Waals surface area contributed by atoms with Gasteiger partial charge in [-0.1, -0.05) is 34.6 Å². The summed E-state index contributed by atoms with van der Waals surface area (Å²) >= 11 is 0. The smallest absolute Gasteiger partial charge is 0.145 e. The molecular formula is C16H29N5. The molecule has 0 radical (unpaired) electrons. The minimum atomic E-state index is 0.356. The van der Waals surface area contributed by atoms with Crippen LogP contribution in [0, 0.1) is 10.8 Å². The van der Waals surface area contributed by atoms with E-state index in [9.17, 15) is 0 Å². The first kappa shape index (κ1) is 16.0. The molecule has 1 aliphatic rings. The molecule has 1 saturated carbocycles. The third-order valence-corrected chi connectivity index (χ3v) is 4.14. The Hall–Kier alpha value is -1.36. The Morgan fingerprint density at radius 3 is 2.24 bits per heavy atom. The Morgan fingerprint density at radius 1 is 1.14 bits per heavy atom. The second-order valence-corrected chi connectivity index (χ2v) is 7.81. The summed E-state index contributed by atoms with van der Waals surface area (Å²) in [5.41, 5.74) is 3.33. The minimum absolute atomic E-state index is 0.356. The van der Waals surface area contributed by atoms with Gasteiger partial charge in [0.2, 0.25) is 0 Å². The summed E-state index contributed by atoms with van der Waals surface area (Å²) in [6.07, 6.45) is 4.38. The Kier molecular flexibility index (Phi) is 4.42. The lowest BCUT2D eigenvalue weighted by atomic mass is 9.63. The molecular weight excluding hydrogens is 262 g/mol. The Bertz CT molecular complexity index is 457. The van der Waals surface area contributed by atoms with E-state index in [0.717, 1.165) is 30.9 Å². The molecule has 118 valence electrons. The molecule has 1 aromatic rings. The Labute approximate surface area is 128 Å². The number of anilines is 2. The van der Waals surface area contributed by atoms with E-state index in [1.165, 1.54) is 6.42 Å². The van der Waals surface area contributed by atoms with Crippen LogP contribution < -0.4 is 16.6 Å². The molecule has 0 aromatic carbocycles. The molecule has 1 fully saturated rings. The second-order valence-electron chi connectivity index (χ2n) is 7.81. The highest BCUT2D eigenvalue weighted by molar-refractivity contribution is 5.47. The number of aromatic nitrogens is 2. The molecule has 4 N–H and O–H groups in total. The van der Waals surface area contributed by atoms with E-state index in [4.69, 9.17) is 5.84 Å². The summed E-state index contributed by atoms with van der Waals surface area (Å²) in [5, 5.41) is 3.59. The zero-order valence-corrected chi connectivity index (χ0v) is 14.0. The maximum absolute atomic E-state index is 5.49. The maximum Gasteiger partial charge on any atom is 0.145 e.